The van der Waals surface area contributed by atoms with Gasteiger partial charge in [-0.05, 0) is 21.0 Å². The van der Waals surface area contributed by atoms with Crippen molar-refractivity contribution in [3.8, 4) is 0 Å². The van der Waals surface area contributed by atoms with Gasteiger partial charge in [0.25, 0.3) is 0 Å². The minimum Gasteiger partial charge on any atom is -0.396 e. The van der Waals surface area contributed by atoms with Gasteiger partial charge in [0.05, 0.1) is 26.7 Å². The van der Waals surface area contributed by atoms with E-state index in [9.17, 15) is 0 Å². The number of hydrogen-bond donors (Lipinski definition) is 1. The van der Waals surface area contributed by atoms with Crippen LogP contribution in [0.15, 0.2) is 0 Å². The standard InChI is InChI=1S/C10H25N2O/c1-5-12(4,8-6-10-13)9-7-11(2)3/h13H,5-10H2,1-4H3/q+1. The predicted octanol–water partition coefficient (Wildman–Crippen LogP) is 0.397. The van der Waals surface area contributed by atoms with Crippen molar-refractivity contribution in [2.75, 3.05) is 53.9 Å². The fourth-order valence-corrected chi connectivity index (χ4v) is 1.32. The molecule has 3 heteroatoms. The van der Waals surface area contributed by atoms with Crippen molar-refractivity contribution >= 4 is 0 Å². The van der Waals surface area contributed by atoms with Crippen molar-refractivity contribution in [2.45, 2.75) is 13.3 Å². The highest BCUT2D eigenvalue weighted by molar-refractivity contribution is 4.44. The molecule has 0 spiro atoms. The van der Waals surface area contributed by atoms with Gasteiger partial charge in [0.15, 0.2) is 0 Å². The van der Waals surface area contributed by atoms with Crippen molar-refractivity contribution in [1.29, 1.82) is 0 Å². The average molecular weight is 189 g/mol. The topological polar surface area (TPSA) is 23.5 Å². The summed E-state index contributed by atoms with van der Waals surface area (Å²) in [5.74, 6) is 0. The molecule has 0 aromatic carbocycles. The average Bonchev–Trinajstić information content (AvgIpc) is 2.11. The summed E-state index contributed by atoms with van der Waals surface area (Å²) in [6.07, 6.45) is 0.914. The summed E-state index contributed by atoms with van der Waals surface area (Å²) in [6.45, 7) is 7.05. The summed E-state index contributed by atoms with van der Waals surface area (Å²) in [4.78, 5) is 2.21. The number of rotatable bonds is 7. The Hall–Kier alpha value is -0.120. The fraction of sp³-hybridized carbons (Fsp3) is 1.00. The lowest BCUT2D eigenvalue weighted by atomic mass is 10.3. The first kappa shape index (κ1) is 12.9. The molecule has 1 atom stereocenters. The maximum absolute atomic E-state index is 8.78. The maximum Gasteiger partial charge on any atom is 0.0913 e. The SMILES string of the molecule is CC[N+](C)(CCCO)CCN(C)C. The van der Waals surface area contributed by atoms with Crippen LogP contribution in [0.5, 0.6) is 0 Å². The third kappa shape index (κ3) is 6.02. The zero-order valence-corrected chi connectivity index (χ0v) is 9.58. The molecule has 0 saturated heterocycles. The number of likely N-dealkylation sites (N-methyl/N-ethyl adjacent to an activating group) is 2. The molecular formula is C10H25N2O+. The second kappa shape index (κ2) is 6.35. The molecule has 0 aliphatic rings. The number of hydrogen-bond acceptors (Lipinski definition) is 2. The van der Waals surface area contributed by atoms with Crippen LogP contribution < -0.4 is 0 Å². The second-order valence-corrected chi connectivity index (χ2v) is 4.26. The van der Waals surface area contributed by atoms with Gasteiger partial charge in [-0.1, -0.05) is 0 Å². The van der Waals surface area contributed by atoms with Gasteiger partial charge in [0, 0.05) is 19.6 Å². The second-order valence-electron chi connectivity index (χ2n) is 4.26. The highest BCUT2D eigenvalue weighted by atomic mass is 16.3. The molecule has 0 aromatic heterocycles. The molecule has 0 fully saturated rings. The number of quaternary nitrogens is 1. The molecule has 0 aliphatic carbocycles. The fourth-order valence-electron chi connectivity index (χ4n) is 1.32. The molecule has 0 aromatic rings. The first-order chi connectivity index (χ1) is 6.04. The van der Waals surface area contributed by atoms with Crippen molar-refractivity contribution in [1.82, 2.24) is 4.90 Å². The summed E-state index contributed by atoms with van der Waals surface area (Å²) in [7, 11) is 6.47. The van der Waals surface area contributed by atoms with E-state index in [1.54, 1.807) is 0 Å². The van der Waals surface area contributed by atoms with Crippen LogP contribution in [0.25, 0.3) is 0 Å². The Morgan fingerprint density at radius 2 is 1.85 bits per heavy atom. The number of aliphatic hydroxyl groups is 1. The van der Waals surface area contributed by atoms with Gasteiger partial charge in [-0.15, -0.1) is 0 Å². The van der Waals surface area contributed by atoms with Gasteiger partial charge >= 0.3 is 0 Å². The van der Waals surface area contributed by atoms with Crippen LogP contribution in [0, 0.1) is 0 Å². The first-order valence-corrected chi connectivity index (χ1v) is 5.13. The van der Waals surface area contributed by atoms with E-state index in [1.807, 2.05) is 0 Å². The van der Waals surface area contributed by atoms with E-state index in [0.29, 0.717) is 6.61 Å². The summed E-state index contributed by atoms with van der Waals surface area (Å²) in [6, 6.07) is 0. The molecule has 0 aliphatic heterocycles. The Morgan fingerprint density at radius 1 is 1.23 bits per heavy atom. The molecule has 1 unspecified atom stereocenters. The first-order valence-electron chi connectivity index (χ1n) is 5.13. The third-order valence-electron chi connectivity index (χ3n) is 2.71. The van der Waals surface area contributed by atoms with Crippen LogP contribution in [0.4, 0.5) is 0 Å². The van der Waals surface area contributed by atoms with Crippen molar-refractivity contribution < 1.29 is 9.59 Å². The summed E-state index contributed by atoms with van der Waals surface area (Å²) >= 11 is 0. The lowest BCUT2D eigenvalue weighted by Gasteiger charge is -2.34. The van der Waals surface area contributed by atoms with E-state index in [-0.39, 0.29) is 0 Å². The minimum atomic E-state index is 0.315. The van der Waals surface area contributed by atoms with Crippen molar-refractivity contribution in [3.05, 3.63) is 0 Å². The third-order valence-corrected chi connectivity index (χ3v) is 2.71. The zero-order chi connectivity index (χ0) is 10.3. The van der Waals surface area contributed by atoms with Crippen LogP contribution in [0.2, 0.25) is 0 Å². The van der Waals surface area contributed by atoms with E-state index in [4.69, 9.17) is 5.11 Å². The summed E-state index contributed by atoms with van der Waals surface area (Å²) in [5.41, 5.74) is 0. The Bertz CT molecular complexity index is 128. The van der Waals surface area contributed by atoms with Crippen LogP contribution in [0.3, 0.4) is 0 Å². The normalized spacial score (nSPS) is 16.2. The molecule has 0 bridgehead atoms. The monoisotopic (exact) mass is 189 g/mol. The molecule has 80 valence electrons. The molecule has 0 heterocycles. The lowest BCUT2D eigenvalue weighted by molar-refractivity contribution is -0.907. The Labute approximate surface area is 82.5 Å². The molecule has 13 heavy (non-hydrogen) atoms. The smallest absolute Gasteiger partial charge is 0.0913 e. The molecule has 0 rings (SSSR count). The van der Waals surface area contributed by atoms with E-state index in [1.165, 1.54) is 6.54 Å². The largest absolute Gasteiger partial charge is 0.396 e. The van der Waals surface area contributed by atoms with Crippen LogP contribution >= 0.6 is 0 Å². The van der Waals surface area contributed by atoms with Gasteiger partial charge in [-0.25, -0.2) is 0 Å². The minimum absolute atomic E-state index is 0.315. The number of nitrogens with zero attached hydrogens (tertiary/aromatic N) is 2. The van der Waals surface area contributed by atoms with Crippen LogP contribution in [-0.4, -0.2) is 68.4 Å². The van der Waals surface area contributed by atoms with Gasteiger partial charge in [-0.2, -0.15) is 0 Å². The molecule has 1 N–H and O–H groups in total. The van der Waals surface area contributed by atoms with Crippen molar-refractivity contribution in [2.24, 2.45) is 0 Å². The molecule has 3 nitrogen and oxygen atoms in total. The molecule has 0 radical (unpaired) electrons. The summed E-state index contributed by atoms with van der Waals surface area (Å²) in [5, 5.41) is 8.78. The molecule has 0 amide bonds. The maximum atomic E-state index is 8.78. The highest BCUT2D eigenvalue weighted by Gasteiger charge is 2.17. The summed E-state index contributed by atoms with van der Waals surface area (Å²) < 4.78 is 1.07. The Kier molecular flexibility index (Phi) is 6.29. The van der Waals surface area contributed by atoms with E-state index in [0.717, 1.165) is 30.5 Å². The lowest BCUT2D eigenvalue weighted by Crippen LogP contribution is -2.48. The Morgan fingerprint density at radius 3 is 2.23 bits per heavy atom. The van der Waals surface area contributed by atoms with E-state index in [2.05, 4.69) is 33.0 Å². The van der Waals surface area contributed by atoms with Gasteiger partial charge in [-0.3, -0.25) is 0 Å². The quantitative estimate of drug-likeness (QED) is 0.586. The van der Waals surface area contributed by atoms with Gasteiger partial charge < -0.3 is 14.5 Å². The van der Waals surface area contributed by atoms with Crippen molar-refractivity contribution in [3.63, 3.8) is 0 Å². The Balaban J connectivity index is 3.81. The predicted molar refractivity (Wildman–Crippen MR) is 56.7 cm³/mol. The van der Waals surface area contributed by atoms with E-state index >= 15 is 0 Å². The van der Waals surface area contributed by atoms with Crippen LogP contribution in [0.1, 0.15) is 13.3 Å². The van der Waals surface area contributed by atoms with E-state index < -0.39 is 0 Å². The molecular weight excluding hydrogens is 164 g/mol. The molecule has 0 saturated carbocycles. The number of aliphatic hydroxyl groups excluding tert-OH is 1. The van der Waals surface area contributed by atoms with Crippen LogP contribution in [-0.2, 0) is 0 Å². The van der Waals surface area contributed by atoms with Gasteiger partial charge in [0.1, 0.15) is 0 Å². The highest BCUT2D eigenvalue weighted by Crippen LogP contribution is 2.03. The van der Waals surface area contributed by atoms with Gasteiger partial charge in [0.2, 0.25) is 0 Å². The zero-order valence-electron chi connectivity index (χ0n) is 9.58.